The Morgan fingerprint density at radius 1 is 0.917 bits per heavy atom. The van der Waals surface area contributed by atoms with E-state index in [-0.39, 0.29) is 23.1 Å². The molecule has 2 unspecified atom stereocenters. The molecule has 0 heterocycles. The lowest BCUT2D eigenvalue weighted by molar-refractivity contribution is -0.312. The molecule has 196 valence electrons. The molecular weight excluding hydrogens is 531 g/mol. The van der Waals surface area contributed by atoms with Crippen LogP contribution < -0.4 is 15.7 Å². The normalized spacial score (nSPS) is 15.4. The van der Waals surface area contributed by atoms with Gasteiger partial charge in [0.25, 0.3) is 0 Å². The maximum atomic E-state index is 13.8. The molecule has 0 aromatic heterocycles. The van der Waals surface area contributed by atoms with Gasteiger partial charge in [0.05, 0.1) is 26.6 Å². The summed E-state index contributed by atoms with van der Waals surface area (Å²) in [6, 6.07) is 13.7. The van der Waals surface area contributed by atoms with Gasteiger partial charge in [0.1, 0.15) is 6.04 Å². The molecule has 0 fully saturated rings. The fourth-order valence-corrected chi connectivity index (χ4v) is 8.29. The molecule has 0 aliphatic carbocycles. The number of ether oxygens (including phenoxy) is 1. The summed E-state index contributed by atoms with van der Waals surface area (Å²) in [4.78, 5) is 36.2. The van der Waals surface area contributed by atoms with E-state index < -0.39 is 45.7 Å². The minimum atomic E-state index is -4.82. The van der Waals surface area contributed by atoms with E-state index in [0.29, 0.717) is 0 Å². The number of esters is 1. The number of nitro groups is 2. The van der Waals surface area contributed by atoms with Crippen LogP contribution >= 0.6 is 24.3 Å². The van der Waals surface area contributed by atoms with E-state index in [1.54, 1.807) is 12.1 Å². The molecule has 36 heavy (non-hydrogen) atoms. The highest BCUT2D eigenvalue weighted by molar-refractivity contribution is 7.72. The number of benzene rings is 2. The summed E-state index contributed by atoms with van der Waals surface area (Å²) in [5.41, 5.74) is 0. The van der Waals surface area contributed by atoms with Crippen molar-refractivity contribution in [3.63, 3.8) is 0 Å². The van der Waals surface area contributed by atoms with Crippen LogP contribution in [0.2, 0.25) is 0 Å². The van der Waals surface area contributed by atoms with Crippen molar-refractivity contribution in [3.8, 4) is 0 Å². The predicted octanol–water partition coefficient (Wildman–Crippen LogP) is 4.91. The molecule has 2 rings (SSSR count). The highest BCUT2D eigenvalue weighted by Gasteiger charge is 2.46. The van der Waals surface area contributed by atoms with E-state index in [0.717, 1.165) is 12.8 Å². The van der Waals surface area contributed by atoms with Crippen molar-refractivity contribution in [1.29, 1.82) is 0 Å². The Morgan fingerprint density at radius 3 is 1.69 bits per heavy atom. The summed E-state index contributed by atoms with van der Waals surface area (Å²) < 4.78 is 28.3. The topological polar surface area (TPSA) is 160 Å². The minimum absolute atomic E-state index is 0.0947. The van der Waals surface area contributed by atoms with Crippen LogP contribution in [-0.2, 0) is 22.7 Å². The molecular formula is C21H28N3O9P3. The van der Waals surface area contributed by atoms with Crippen molar-refractivity contribution in [3.05, 3.63) is 80.9 Å². The van der Waals surface area contributed by atoms with Crippen LogP contribution in [0.3, 0.4) is 0 Å². The number of nitrogens with zero attached hydrogens (tertiary/aromatic N) is 2. The van der Waals surface area contributed by atoms with Gasteiger partial charge in [0, 0.05) is 0 Å². The number of carbonyl (C=O) groups is 1. The lowest BCUT2D eigenvalue weighted by Crippen LogP contribution is -2.35. The van der Waals surface area contributed by atoms with Gasteiger partial charge in [0.2, 0.25) is 0 Å². The zero-order valence-corrected chi connectivity index (χ0v) is 22.6. The van der Waals surface area contributed by atoms with Gasteiger partial charge in [-0.05, 0) is 37.1 Å². The van der Waals surface area contributed by atoms with Crippen LogP contribution in [0.5, 0.6) is 0 Å². The van der Waals surface area contributed by atoms with Crippen molar-refractivity contribution < 1.29 is 32.1 Å². The molecule has 1 N–H and O–H groups in total. The molecule has 3 atom stereocenters. The SMILES string of the molecule is CCC(CC)COC(=O)[C@H](C)NP(=O)(OP(c1ccccc1)[N+](=O)[O-])OP(c1ccccc1)[N+](=O)[O-]. The highest BCUT2D eigenvalue weighted by Crippen LogP contribution is 2.63. The van der Waals surface area contributed by atoms with E-state index in [1.165, 1.54) is 55.5 Å². The summed E-state index contributed by atoms with van der Waals surface area (Å²) in [5, 5.41) is 26.1. The summed E-state index contributed by atoms with van der Waals surface area (Å²) in [6.07, 6.45) is 1.56. The van der Waals surface area contributed by atoms with Crippen molar-refractivity contribution in [2.75, 3.05) is 6.61 Å². The Hall–Kier alpha value is -2.32. The van der Waals surface area contributed by atoms with Gasteiger partial charge in [-0.15, -0.1) is 0 Å². The van der Waals surface area contributed by atoms with Gasteiger partial charge >= 0.3 is 30.3 Å². The van der Waals surface area contributed by atoms with Gasteiger partial charge in [-0.25, -0.2) is 18.3 Å². The summed E-state index contributed by atoms with van der Waals surface area (Å²) in [5.74, 6) is -0.675. The number of hydrogen-bond donors (Lipinski definition) is 1. The van der Waals surface area contributed by atoms with Crippen LogP contribution in [0.25, 0.3) is 0 Å². The van der Waals surface area contributed by atoms with Crippen LogP contribution in [0.4, 0.5) is 0 Å². The van der Waals surface area contributed by atoms with Gasteiger partial charge < -0.3 is 4.74 Å². The first-order valence-electron chi connectivity index (χ1n) is 11.0. The third-order valence-electron chi connectivity index (χ3n) is 4.94. The fraction of sp³-hybridized carbons (Fsp3) is 0.381. The van der Waals surface area contributed by atoms with Crippen LogP contribution in [0.1, 0.15) is 33.6 Å². The van der Waals surface area contributed by atoms with Crippen LogP contribution in [-0.4, -0.2) is 28.0 Å². The molecule has 15 heteroatoms. The first kappa shape index (κ1) is 29.9. The average Bonchev–Trinajstić information content (AvgIpc) is 2.87. The van der Waals surface area contributed by atoms with Crippen molar-refractivity contribution in [2.24, 2.45) is 5.92 Å². The van der Waals surface area contributed by atoms with Crippen LogP contribution in [0.15, 0.2) is 60.7 Å². The Morgan fingerprint density at radius 2 is 1.33 bits per heavy atom. The first-order valence-corrected chi connectivity index (χ1v) is 15.0. The lowest BCUT2D eigenvalue weighted by Gasteiger charge is -2.23. The Balaban J connectivity index is 2.36. The average molecular weight is 559 g/mol. The smallest absolute Gasteiger partial charge is 0.438 e. The molecule has 2 aromatic rings. The second-order valence-corrected chi connectivity index (χ2v) is 12.9. The number of carbonyl (C=O) groups excluding carboxylic acids is 1. The highest BCUT2D eigenvalue weighted by atomic mass is 31.3. The van der Waals surface area contributed by atoms with Gasteiger partial charge in [-0.2, -0.15) is 0 Å². The summed E-state index contributed by atoms with van der Waals surface area (Å²) in [7, 11) is -10.4. The Labute approximate surface area is 211 Å². The van der Waals surface area contributed by atoms with Gasteiger partial charge in [0.15, 0.2) is 0 Å². The van der Waals surface area contributed by atoms with E-state index in [1.807, 2.05) is 13.8 Å². The van der Waals surface area contributed by atoms with E-state index >= 15 is 0 Å². The second kappa shape index (κ2) is 14.4. The molecule has 0 saturated heterocycles. The van der Waals surface area contributed by atoms with E-state index in [2.05, 4.69) is 5.09 Å². The molecule has 2 aromatic carbocycles. The lowest BCUT2D eigenvalue weighted by atomic mass is 10.1. The van der Waals surface area contributed by atoms with E-state index in [9.17, 15) is 29.6 Å². The molecule has 0 aliphatic rings. The van der Waals surface area contributed by atoms with Crippen molar-refractivity contribution in [1.82, 2.24) is 5.09 Å². The summed E-state index contributed by atoms with van der Waals surface area (Å²) >= 11 is 0. The third-order valence-corrected chi connectivity index (χ3v) is 10.7. The third kappa shape index (κ3) is 8.96. The molecule has 0 radical (unpaired) electrons. The van der Waals surface area contributed by atoms with Crippen LogP contribution in [0, 0.1) is 26.1 Å². The molecule has 0 bridgehead atoms. The van der Waals surface area contributed by atoms with Gasteiger partial charge in [-0.3, -0.25) is 25.0 Å². The molecule has 12 nitrogen and oxygen atoms in total. The standard InChI is InChI=1S/C21H28N3O9P3/c1-4-18(5-2)16-31-21(25)17(3)22-36(30,32-34(23(26)27)19-12-8-6-9-13-19)33-35(24(28)29)20-14-10-7-11-15-20/h6-15,17-18H,4-5,16H2,1-3H3,(H,22,30)/t17-,34?,35?,36?/m0/s1. The predicted molar refractivity (Wildman–Crippen MR) is 137 cm³/mol. The molecule has 0 amide bonds. The quantitative estimate of drug-likeness (QED) is 0.137. The second-order valence-electron chi connectivity index (χ2n) is 7.52. The maximum Gasteiger partial charge on any atom is 0.438 e. The molecule has 0 spiro atoms. The largest absolute Gasteiger partial charge is 0.464 e. The monoisotopic (exact) mass is 559 g/mol. The molecule has 0 aliphatic heterocycles. The number of rotatable bonds is 15. The van der Waals surface area contributed by atoms with E-state index in [4.69, 9.17) is 13.4 Å². The number of hydrogen-bond acceptors (Lipinski definition) is 9. The Bertz CT molecular complexity index is 995. The van der Waals surface area contributed by atoms with Crippen molar-refractivity contribution >= 4 is 40.9 Å². The zero-order chi connectivity index (χ0) is 26.7. The zero-order valence-electron chi connectivity index (χ0n) is 20.0. The van der Waals surface area contributed by atoms with Gasteiger partial charge in [-0.1, -0.05) is 63.1 Å². The minimum Gasteiger partial charge on any atom is -0.464 e. The molecule has 0 saturated carbocycles. The first-order chi connectivity index (χ1) is 17.1. The van der Waals surface area contributed by atoms with Crippen molar-refractivity contribution in [2.45, 2.75) is 39.7 Å². The maximum absolute atomic E-state index is 13.8. The fourth-order valence-electron chi connectivity index (χ4n) is 2.86. The summed E-state index contributed by atoms with van der Waals surface area (Å²) in [6.45, 7) is 5.34. The Kier molecular flexibility index (Phi) is 12.0. The number of nitrogens with one attached hydrogen (secondary N) is 1.